The van der Waals surface area contributed by atoms with Crippen LogP contribution in [0.3, 0.4) is 0 Å². The molecule has 0 bridgehead atoms. The van der Waals surface area contributed by atoms with Crippen molar-refractivity contribution in [2.45, 2.75) is 4.90 Å². The number of hydrogen-bond donors (Lipinski definition) is 0. The van der Waals surface area contributed by atoms with Gasteiger partial charge in [-0.2, -0.15) is 0 Å². The second-order valence-corrected chi connectivity index (χ2v) is 2.78. The summed E-state index contributed by atoms with van der Waals surface area (Å²) < 4.78 is 0. The number of thioether (sulfide) groups is 1. The summed E-state index contributed by atoms with van der Waals surface area (Å²) in [5.74, 6) is 1.97. The summed E-state index contributed by atoms with van der Waals surface area (Å²) >= 11 is 1.68. The molecule has 1 rings (SSSR count). The predicted molar refractivity (Wildman–Crippen MR) is 46.8 cm³/mol. The van der Waals surface area contributed by atoms with Crippen LogP contribution in [-0.4, -0.2) is 0 Å². The van der Waals surface area contributed by atoms with E-state index in [2.05, 4.69) is 18.7 Å². The summed E-state index contributed by atoms with van der Waals surface area (Å²) in [4.78, 5) is 1.25. The van der Waals surface area contributed by atoms with E-state index >= 15 is 0 Å². The molecular weight excluding hydrogens is 179 g/mol. The Balaban J connectivity index is 0.000001000. The molecule has 0 saturated heterocycles. The van der Waals surface area contributed by atoms with Crippen LogP contribution in [0.25, 0.3) is 0 Å². The largest absolute Gasteiger partial charge is 1.00 e. The van der Waals surface area contributed by atoms with E-state index in [9.17, 15) is 0 Å². The quantitative estimate of drug-likeness (QED) is 0.480. The van der Waals surface area contributed by atoms with Crippen molar-refractivity contribution >= 4 is 11.8 Å². The Labute approximate surface area is 115 Å². The van der Waals surface area contributed by atoms with Gasteiger partial charge in [0, 0.05) is 10.6 Å². The molecule has 0 amide bonds. The van der Waals surface area contributed by atoms with Crippen LogP contribution < -0.4 is 51.4 Å². The van der Waals surface area contributed by atoms with Crippen molar-refractivity contribution < 1.29 is 51.4 Å². The topological polar surface area (TPSA) is 0 Å². The molecule has 0 aliphatic rings. The zero-order chi connectivity index (χ0) is 7.23. The molecule has 11 heavy (non-hydrogen) atoms. The van der Waals surface area contributed by atoms with Gasteiger partial charge < -0.3 is 0 Å². The molecule has 0 spiro atoms. The molecule has 0 heterocycles. The summed E-state index contributed by atoms with van der Waals surface area (Å²) in [5, 5.41) is 0. The van der Waals surface area contributed by atoms with Crippen molar-refractivity contribution in [2.24, 2.45) is 0 Å². The van der Waals surface area contributed by atoms with Gasteiger partial charge >= 0.3 is 51.4 Å². The van der Waals surface area contributed by atoms with E-state index in [4.69, 9.17) is 0 Å². The van der Waals surface area contributed by atoms with Crippen LogP contribution in [0.1, 0.15) is 0 Å². The van der Waals surface area contributed by atoms with Crippen molar-refractivity contribution in [3.63, 3.8) is 0 Å². The molecule has 0 aliphatic carbocycles. The van der Waals surface area contributed by atoms with Gasteiger partial charge in [0.25, 0.3) is 0 Å². The van der Waals surface area contributed by atoms with E-state index in [0.717, 1.165) is 0 Å². The summed E-state index contributed by atoms with van der Waals surface area (Å²) in [5.41, 5.74) is 0. The molecule has 0 unspecified atom stereocenters. The summed E-state index contributed by atoms with van der Waals surface area (Å²) in [6.07, 6.45) is 1.79. The molecule has 1 aromatic rings. The SMILES string of the molecule is C=C[CH]Sc1ccccc1.[K+]. The smallest absolute Gasteiger partial charge is 0.117 e. The van der Waals surface area contributed by atoms with E-state index < -0.39 is 0 Å². The third kappa shape index (κ3) is 5.23. The Morgan fingerprint density at radius 1 is 1.18 bits per heavy atom. The molecule has 51 valence electrons. The third-order valence-electron chi connectivity index (χ3n) is 1.04. The Morgan fingerprint density at radius 3 is 2.36 bits per heavy atom. The molecule has 2 heteroatoms. The Hall–Kier alpha value is 0.946. The molecule has 1 aromatic carbocycles. The van der Waals surface area contributed by atoms with E-state index in [1.54, 1.807) is 17.8 Å². The Morgan fingerprint density at radius 2 is 1.82 bits per heavy atom. The molecule has 0 atom stereocenters. The summed E-state index contributed by atoms with van der Waals surface area (Å²) in [6.45, 7) is 3.60. The fourth-order valence-corrected chi connectivity index (χ4v) is 1.19. The van der Waals surface area contributed by atoms with Gasteiger partial charge in [-0.05, 0) is 12.1 Å². The maximum Gasteiger partial charge on any atom is 1.00 e. The first-order valence-electron chi connectivity index (χ1n) is 3.09. The number of hydrogen-bond acceptors (Lipinski definition) is 1. The van der Waals surface area contributed by atoms with Crippen molar-refractivity contribution in [3.05, 3.63) is 48.7 Å². The average Bonchev–Trinajstić information content (AvgIpc) is 2.03. The van der Waals surface area contributed by atoms with Crippen LogP contribution >= 0.6 is 11.8 Å². The minimum absolute atomic E-state index is 0. The normalized spacial score (nSPS) is 8.36. The fraction of sp³-hybridized carbons (Fsp3) is 0. The van der Waals surface area contributed by atoms with Crippen LogP contribution in [0.2, 0.25) is 0 Å². The Kier molecular flexibility index (Phi) is 8.24. The molecule has 0 aliphatic heterocycles. The van der Waals surface area contributed by atoms with Crippen molar-refractivity contribution in [3.8, 4) is 0 Å². The van der Waals surface area contributed by atoms with Crippen molar-refractivity contribution in [1.82, 2.24) is 0 Å². The zero-order valence-electron chi connectivity index (χ0n) is 6.66. The van der Waals surface area contributed by atoms with Gasteiger partial charge in [0.15, 0.2) is 0 Å². The molecule has 0 saturated carbocycles. The van der Waals surface area contributed by atoms with Crippen LogP contribution in [0.5, 0.6) is 0 Å². The minimum atomic E-state index is 0. The monoisotopic (exact) mass is 188 g/mol. The van der Waals surface area contributed by atoms with E-state index in [1.165, 1.54) is 4.90 Å². The average molecular weight is 188 g/mol. The number of benzene rings is 1. The zero-order valence-corrected chi connectivity index (χ0v) is 10.6. The first kappa shape index (κ1) is 11.9. The molecule has 0 aromatic heterocycles. The van der Waals surface area contributed by atoms with Crippen LogP contribution in [0.4, 0.5) is 0 Å². The van der Waals surface area contributed by atoms with Gasteiger partial charge in [0.1, 0.15) is 0 Å². The van der Waals surface area contributed by atoms with Gasteiger partial charge in [0.05, 0.1) is 0 Å². The molecule has 1 radical (unpaired) electrons. The van der Waals surface area contributed by atoms with Crippen molar-refractivity contribution in [1.29, 1.82) is 0 Å². The van der Waals surface area contributed by atoms with Crippen LogP contribution in [0, 0.1) is 5.75 Å². The van der Waals surface area contributed by atoms with Gasteiger partial charge in [-0.3, -0.25) is 0 Å². The van der Waals surface area contributed by atoms with Crippen molar-refractivity contribution in [2.75, 3.05) is 0 Å². The predicted octanol–water partition coefficient (Wildman–Crippen LogP) is 0.130. The fourth-order valence-electron chi connectivity index (χ4n) is 0.626. The molecule has 0 nitrogen and oxygen atoms in total. The number of rotatable bonds is 3. The molecule has 0 N–H and O–H groups in total. The first-order chi connectivity index (χ1) is 4.93. The van der Waals surface area contributed by atoms with Gasteiger partial charge in [0.2, 0.25) is 0 Å². The molecule has 0 fully saturated rings. The standard InChI is InChI=1S/C9H9S.K/c1-2-8-10-9-6-4-3-5-7-9;/h2-8H,1H2;/q;+1. The van der Waals surface area contributed by atoms with Gasteiger partial charge in [-0.15, -0.1) is 18.3 Å². The van der Waals surface area contributed by atoms with Crippen LogP contribution in [0.15, 0.2) is 47.9 Å². The van der Waals surface area contributed by atoms with E-state index in [-0.39, 0.29) is 51.4 Å². The maximum absolute atomic E-state index is 3.60. The maximum atomic E-state index is 3.60. The summed E-state index contributed by atoms with van der Waals surface area (Å²) in [7, 11) is 0. The van der Waals surface area contributed by atoms with Gasteiger partial charge in [-0.1, -0.05) is 24.3 Å². The van der Waals surface area contributed by atoms with Gasteiger partial charge in [-0.25, -0.2) is 0 Å². The Bertz CT molecular complexity index is 196. The third-order valence-corrected chi connectivity index (χ3v) is 1.92. The molecular formula is C9H9KS+. The second kappa shape index (κ2) is 7.59. The summed E-state index contributed by atoms with van der Waals surface area (Å²) in [6, 6.07) is 10.2. The van der Waals surface area contributed by atoms with Crippen LogP contribution in [-0.2, 0) is 0 Å². The minimum Gasteiger partial charge on any atom is -0.117 e. The van der Waals surface area contributed by atoms with E-state index in [1.807, 2.05) is 24.0 Å². The van der Waals surface area contributed by atoms with E-state index in [0.29, 0.717) is 0 Å². The first-order valence-corrected chi connectivity index (χ1v) is 3.97. The second-order valence-electron chi connectivity index (χ2n) is 1.80.